The Kier molecular flexibility index (Phi) is 5.77. The van der Waals surface area contributed by atoms with Gasteiger partial charge in [-0.25, -0.2) is 0 Å². The lowest BCUT2D eigenvalue weighted by molar-refractivity contribution is 0.376. The highest BCUT2D eigenvalue weighted by atomic mass is 14.2. The van der Waals surface area contributed by atoms with Crippen molar-refractivity contribution in [1.29, 1.82) is 0 Å². The molecule has 13 heavy (non-hydrogen) atoms. The van der Waals surface area contributed by atoms with Crippen LogP contribution in [0, 0.1) is 11.8 Å². The van der Waals surface area contributed by atoms with Gasteiger partial charge in [-0.3, -0.25) is 0 Å². The van der Waals surface area contributed by atoms with E-state index in [4.69, 9.17) is 0 Å². The van der Waals surface area contributed by atoms with Crippen LogP contribution in [-0.4, -0.2) is 0 Å². The van der Waals surface area contributed by atoms with Gasteiger partial charge in [-0.1, -0.05) is 51.0 Å². The van der Waals surface area contributed by atoms with Crippen LogP contribution in [0.3, 0.4) is 0 Å². The first-order valence-corrected chi connectivity index (χ1v) is 5.33. The molecule has 0 N–H and O–H groups in total. The first kappa shape index (κ1) is 12.5. The average molecular weight is 180 g/mol. The van der Waals surface area contributed by atoms with Crippen molar-refractivity contribution in [3.8, 4) is 0 Å². The minimum Gasteiger partial charge on any atom is -0.0956 e. The fourth-order valence-corrected chi connectivity index (χ4v) is 1.36. The number of allylic oxidation sites excluding steroid dienone is 3. The van der Waals surface area contributed by atoms with Gasteiger partial charge in [0.1, 0.15) is 0 Å². The molecule has 0 bridgehead atoms. The van der Waals surface area contributed by atoms with Crippen molar-refractivity contribution in [3.63, 3.8) is 0 Å². The molecule has 2 unspecified atom stereocenters. The topological polar surface area (TPSA) is 0 Å². The molecule has 0 radical (unpaired) electrons. The zero-order chi connectivity index (χ0) is 10.4. The van der Waals surface area contributed by atoms with Gasteiger partial charge in [-0.2, -0.15) is 0 Å². The molecule has 0 saturated carbocycles. The third-order valence-electron chi connectivity index (χ3n) is 3.17. The van der Waals surface area contributed by atoms with Crippen molar-refractivity contribution in [3.05, 3.63) is 23.8 Å². The molecule has 0 heterocycles. The Hall–Kier alpha value is -0.520. The summed E-state index contributed by atoms with van der Waals surface area (Å²) in [6.45, 7) is 15.2. The van der Waals surface area contributed by atoms with Crippen LogP contribution < -0.4 is 0 Å². The van der Waals surface area contributed by atoms with Gasteiger partial charge in [0.15, 0.2) is 0 Å². The summed E-state index contributed by atoms with van der Waals surface area (Å²) in [5.41, 5.74) is 2.64. The molecule has 0 nitrogen and oxygen atoms in total. The molecule has 0 rings (SSSR count). The first-order valence-electron chi connectivity index (χ1n) is 5.33. The van der Waals surface area contributed by atoms with Gasteiger partial charge in [0.05, 0.1) is 0 Å². The molecule has 0 amide bonds. The maximum atomic E-state index is 4.11. The summed E-state index contributed by atoms with van der Waals surface area (Å²) in [7, 11) is 0. The quantitative estimate of drug-likeness (QED) is 0.543. The summed E-state index contributed by atoms with van der Waals surface area (Å²) in [6, 6.07) is 0. The Labute approximate surface area is 83.7 Å². The van der Waals surface area contributed by atoms with Gasteiger partial charge < -0.3 is 0 Å². The maximum Gasteiger partial charge on any atom is -0.0254 e. The van der Waals surface area contributed by atoms with Crippen molar-refractivity contribution in [2.75, 3.05) is 0 Å². The van der Waals surface area contributed by atoms with Crippen LogP contribution in [0.5, 0.6) is 0 Å². The zero-order valence-electron chi connectivity index (χ0n) is 9.85. The molecular formula is C13H24. The molecule has 0 fully saturated rings. The van der Waals surface area contributed by atoms with Crippen molar-refractivity contribution >= 4 is 0 Å². The molecule has 0 aliphatic heterocycles. The van der Waals surface area contributed by atoms with E-state index in [0.717, 1.165) is 18.3 Å². The van der Waals surface area contributed by atoms with Crippen LogP contribution in [0.4, 0.5) is 0 Å². The monoisotopic (exact) mass is 180 g/mol. The Morgan fingerprint density at radius 2 is 1.85 bits per heavy atom. The highest BCUT2D eigenvalue weighted by Crippen LogP contribution is 2.24. The van der Waals surface area contributed by atoms with E-state index in [2.05, 4.69) is 47.3 Å². The van der Waals surface area contributed by atoms with Crippen LogP contribution >= 0.6 is 0 Å². The minimum atomic E-state index is 0.757. The first-order chi connectivity index (χ1) is 6.02. The normalized spacial score (nSPS) is 16.8. The summed E-state index contributed by atoms with van der Waals surface area (Å²) < 4.78 is 0. The van der Waals surface area contributed by atoms with E-state index >= 15 is 0 Å². The summed E-state index contributed by atoms with van der Waals surface area (Å²) in [6.07, 6.45) is 4.56. The van der Waals surface area contributed by atoms with Gasteiger partial charge >= 0.3 is 0 Å². The zero-order valence-corrected chi connectivity index (χ0v) is 9.85. The van der Waals surface area contributed by atoms with Gasteiger partial charge in [0.2, 0.25) is 0 Å². The van der Waals surface area contributed by atoms with Gasteiger partial charge in [0.25, 0.3) is 0 Å². The van der Waals surface area contributed by atoms with Crippen molar-refractivity contribution in [1.82, 2.24) is 0 Å². The molecule has 0 aromatic carbocycles. The van der Waals surface area contributed by atoms with Crippen molar-refractivity contribution in [2.24, 2.45) is 11.8 Å². The number of rotatable bonds is 5. The molecule has 0 saturated heterocycles. The van der Waals surface area contributed by atoms with Crippen LogP contribution in [-0.2, 0) is 0 Å². The Morgan fingerprint density at radius 1 is 1.31 bits per heavy atom. The van der Waals surface area contributed by atoms with Crippen molar-refractivity contribution in [2.45, 2.75) is 47.5 Å². The lowest BCUT2D eigenvalue weighted by Gasteiger charge is -2.19. The van der Waals surface area contributed by atoms with Gasteiger partial charge in [-0.15, -0.1) is 0 Å². The van der Waals surface area contributed by atoms with Crippen LogP contribution in [0.25, 0.3) is 0 Å². The van der Waals surface area contributed by atoms with Gasteiger partial charge in [0, 0.05) is 0 Å². The van der Waals surface area contributed by atoms with Crippen LogP contribution in [0.2, 0.25) is 0 Å². The van der Waals surface area contributed by atoms with Crippen LogP contribution in [0.1, 0.15) is 47.5 Å². The molecule has 0 spiro atoms. The second kappa shape index (κ2) is 6.01. The fraction of sp³-hybridized carbons (Fsp3) is 0.692. The lowest BCUT2D eigenvalue weighted by atomic mass is 9.86. The number of hydrogen-bond acceptors (Lipinski definition) is 0. The predicted octanol–water partition coefficient (Wildman–Crippen LogP) is 4.58. The molecule has 2 atom stereocenters. The van der Waals surface area contributed by atoms with E-state index in [1.165, 1.54) is 17.6 Å². The second-order valence-corrected chi connectivity index (χ2v) is 4.14. The van der Waals surface area contributed by atoms with Gasteiger partial charge in [-0.05, 0) is 32.1 Å². The Balaban J connectivity index is 4.06. The van der Waals surface area contributed by atoms with E-state index in [0.29, 0.717) is 0 Å². The molecular weight excluding hydrogens is 156 g/mol. The summed E-state index contributed by atoms with van der Waals surface area (Å²) in [5.74, 6) is 1.56. The minimum absolute atomic E-state index is 0.757. The fourth-order valence-electron chi connectivity index (χ4n) is 1.36. The van der Waals surface area contributed by atoms with E-state index in [1.807, 2.05) is 0 Å². The van der Waals surface area contributed by atoms with E-state index in [9.17, 15) is 0 Å². The Bertz CT molecular complexity index is 186. The molecule has 0 aliphatic rings. The van der Waals surface area contributed by atoms with E-state index in [1.54, 1.807) is 0 Å². The maximum absolute atomic E-state index is 4.11. The van der Waals surface area contributed by atoms with Crippen LogP contribution in [0.15, 0.2) is 23.8 Å². The molecule has 76 valence electrons. The molecule has 0 aromatic heterocycles. The average Bonchev–Trinajstić information content (AvgIpc) is 2.14. The molecule has 0 aliphatic carbocycles. The van der Waals surface area contributed by atoms with Crippen molar-refractivity contribution < 1.29 is 0 Å². The second-order valence-electron chi connectivity index (χ2n) is 4.14. The lowest BCUT2D eigenvalue weighted by Crippen LogP contribution is -2.07. The van der Waals surface area contributed by atoms with E-state index in [-0.39, 0.29) is 0 Å². The summed E-state index contributed by atoms with van der Waals surface area (Å²) in [5, 5.41) is 0. The smallest absolute Gasteiger partial charge is 0.0254 e. The highest BCUT2D eigenvalue weighted by molar-refractivity contribution is 5.25. The largest absolute Gasteiger partial charge is 0.0956 e. The number of hydrogen-bond donors (Lipinski definition) is 0. The SMILES string of the molecule is C=C(CC(C)C(C)CC)C(C)=CC. The Morgan fingerprint density at radius 3 is 2.23 bits per heavy atom. The standard InChI is InChI=1S/C13H24/c1-7-10(3)12(5)9-13(6)11(4)8-2/h7,11,13H,5,8-9H2,1-4,6H3. The highest BCUT2D eigenvalue weighted by Gasteiger charge is 2.11. The summed E-state index contributed by atoms with van der Waals surface area (Å²) in [4.78, 5) is 0. The third-order valence-corrected chi connectivity index (χ3v) is 3.17. The van der Waals surface area contributed by atoms with E-state index < -0.39 is 0 Å². The third kappa shape index (κ3) is 4.31. The summed E-state index contributed by atoms with van der Waals surface area (Å²) >= 11 is 0. The molecule has 0 aromatic rings. The molecule has 0 heteroatoms. The predicted molar refractivity (Wildman–Crippen MR) is 61.8 cm³/mol.